The summed E-state index contributed by atoms with van der Waals surface area (Å²) in [6.45, 7) is 7.10. The van der Waals surface area contributed by atoms with Gasteiger partial charge in [0.1, 0.15) is 31.7 Å². The van der Waals surface area contributed by atoms with Gasteiger partial charge in [0.15, 0.2) is 29.5 Å². The molecule has 0 radical (unpaired) electrons. The van der Waals surface area contributed by atoms with Gasteiger partial charge >= 0.3 is 17.9 Å². The fourth-order valence-electron chi connectivity index (χ4n) is 10.6. The van der Waals surface area contributed by atoms with Gasteiger partial charge in [0, 0.05) is 116 Å². The van der Waals surface area contributed by atoms with Crippen molar-refractivity contribution in [2.45, 2.75) is 91.4 Å². The molecule has 0 aliphatic heterocycles. The Bertz CT molecular complexity index is 5120. The lowest BCUT2D eigenvalue weighted by Gasteiger charge is -2.07. The van der Waals surface area contributed by atoms with Crippen LogP contribution in [0.3, 0.4) is 0 Å². The Kier molecular flexibility index (Phi) is 19.6. The molecule has 0 spiro atoms. The molecular weight excluding hydrogens is 1310 g/mol. The van der Waals surface area contributed by atoms with Gasteiger partial charge in [-0.3, -0.25) is 14.4 Å². The highest BCUT2D eigenvalue weighted by Gasteiger charge is 2.25. The van der Waals surface area contributed by atoms with Crippen LogP contribution in [0.4, 0.5) is 0 Å². The summed E-state index contributed by atoms with van der Waals surface area (Å²) in [5.41, 5.74) is 9.49. The highest BCUT2D eigenvalue weighted by molar-refractivity contribution is 8.00. The van der Waals surface area contributed by atoms with Crippen LogP contribution in [0.1, 0.15) is 22.8 Å². The van der Waals surface area contributed by atoms with E-state index in [2.05, 4.69) is 27.3 Å². The molecule has 12 aromatic rings. The minimum Gasteiger partial charge on any atom is -0.480 e. The number of carbonyl (C=O) groups is 3. The lowest BCUT2D eigenvalue weighted by atomic mass is 10.0. The predicted molar refractivity (Wildman–Crippen MR) is 359 cm³/mol. The third kappa shape index (κ3) is 14.6. The Balaban J connectivity index is 0.000000151. The van der Waals surface area contributed by atoms with Crippen LogP contribution in [0.5, 0.6) is 0 Å². The van der Waals surface area contributed by atoms with E-state index in [1.165, 1.54) is 60.4 Å². The van der Waals surface area contributed by atoms with Crippen molar-refractivity contribution < 1.29 is 59.5 Å². The standard InChI is InChI=1S/C23H22N2O5S2.C22H19NO4S3.C21H17N3O4S2/c1-13-21(15(3)30-24-13)18-6-5-7-19-22(18)23(14(2)25(19)12-20(26)27)31-16-8-10-17(11-9-16)32(4,28)29;1-14-22(29-15-8-10-16(11-9-15)30(2,26)27)21-17(19-7-4-12-28-19)5-3-6-18(21)23(14)13-20(24)25;1-30(27,28)16-7-5-15(6-8-16)29-19-11-24(12-20(25)26)18-4-2-3-17(21(18)19)14-9-22-13-23-10-14/h5-11H,12H2,1-4H3,(H,26,27);3-12H,13H2,1-2H3,(H,24,25);2-11,13H,12H2,1H3,(H,25,26). The van der Waals surface area contributed by atoms with E-state index >= 15 is 0 Å². The van der Waals surface area contributed by atoms with E-state index in [0.717, 1.165) is 112 Å². The topological polar surface area (TPSA) is 281 Å². The van der Waals surface area contributed by atoms with Crippen LogP contribution in [-0.2, 0) is 63.5 Å². The van der Waals surface area contributed by atoms with Gasteiger partial charge in [0.2, 0.25) is 0 Å². The zero-order valence-electron chi connectivity index (χ0n) is 50.3. The number of aryl methyl sites for hydroxylation is 2. The third-order valence-electron chi connectivity index (χ3n) is 14.7. The van der Waals surface area contributed by atoms with E-state index in [0.29, 0.717) is 5.76 Å². The zero-order valence-corrected chi connectivity index (χ0v) is 56.0. The molecule has 3 N–H and O–H groups in total. The van der Waals surface area contributed by atoms with Gasteiger partial charge in [-0.05, 0) is 141 Å². The van der Waals surface area contributed by atoms with E-state index in [1.807, 2.05) is 92.2 Å². The fraction of sp³-hybridized carbons (Fsp3) is 0.152. The van der Waals surface area contributed by atoms with Crippen molar-refractivity contribution in [2.75, 3.05) is 18.8 Å². The van der Waals surface area contributed by atoms with E-state index in [1.54, 1.807) is 112 Å². The summed E-state index contributed by atoms with van der Waals surface area (Å²) < 4.78 is 81.2. The van der Waals surface area contributed by atoms with Gasteiger partial charge in [-0.1, -0.05) is 82.9 Å². The number of carboxylic acids is 3. The maximum absolute atomic E-state index is 11.8. The molecule has 0 unspecified atom stereocenters. The van der Waals surface area contributed by atoms with Gasteiger partial charge in [0.25, 0.3) is 0 Å². The summed E-state index contributed by atoms with van der Waals surface area (Å²) >= 11 is 6.07. The zero-order chi connectivity index (χ0) is 66.0. The second-order valence-corrected chi connectivity index (χ2v) is 31.5. The van der Waals surface area contributed by atoms with Gasteiger partial charge < -0.3 is 33.5 Å². The lowest BCUT2D eigenvalue weighted by Crippen LogP contribution is -2.09. The summed E-state index contributed by atoms with van der Waals surface area (Å²) in [5.74, 6) is -2.08. The Morgan fingerprint density at radius 1 is 0.511 bits per heavy atom. The molecule has 472 valence electrons. The number of benzene rings is 6. The van der Waals surface area contributed by atoms with E-state index in [9.17, 15) is 55.0 Å². The molecule has 26 heteroatoms. The Morgan fingerprint density at radius 3 is 1.37 bits per heavy atom. The number of hydrogen-bond donors (Lipinski definition) is 3. The van der Waals surface area contributed by atoms with Crippen molar-refractivity contribution >= 4 is 127 Å². The number of nitrogens with zero attached hydrogens (tertiary/aromatic N) is 6. The molecule has 6 aromatic heterocycles. The van der Waals surface area contributed by atoms with E-state index < -0.39 is 47.4 Å². The molecule has 0 fully saturated rings. The van der Waals surface area contributed by atoms with Crippen molar-refractivity contribution in [1.82, 2.24) is 28.8 Å². The molecule has 92 heavy (non-hydrogen) atoms. The molecule has 0 atom stereocenters. The predicted octanol–water partition coefficient (Wildman–Crippen LogP) is 13.9. The second kappa shape index (κ2) is 27.2. The van der Waals surface area contributed by atoms with Gasteiger partial charge in [-0.15, -0.1) is 11.3 Å². The van der Waals surface area contributed by atoms with Crippen molar-refractivity contribution in [3.8, 4) is 32.7 Å². The van der Waals surface area contributed by atoms with Crippen LogP contribution in [-0.4, -0.2) is 106 Å². The number of aliphatic carboxylic acids is 3. The van der Waals surface area contributed by atoms with E-state index in [-0.39, 0.29) is 34.3 Å². The highest BCUT2D eigenvalue weighted by Crippen LogP contribution is 2.47. The van der Waals surface area contributed by atoms with Crippen LogP contribution >= 0.6 is 46.6 Å². The number of aromatic nitrogens is 6. The molecule has 0 amide bonds. The van der Waals surface area contributed by atoms with Crippen LogP contribution in [0.2, 0.25) is 0 Å². The largest absolute Gasteiger partial charge is 0.480 e. The first-order valence-corrected chi connectivity index (χ1v) is 36.8. The Hall–Kier alpha value is -8.76. The molecule has 0 saturated carbocycles. The minimum absolute atomic E-state index is 0.121. The number of thiophene rings is 1. The Morgan fingerprint density at radius 2 is 0.946 bits per heavy atom. The average molecular weight is 1370 g/mol. The first kappa shape index (κ1) is 66.2. The van der Waals surface area contributed by atoms with Gasteiger partial charge in [-0.2, -0.15) is 0 Å². The maximum Gasteiger partial charge on any atom is 0.323 e. The van der Waals surface area contributed by atoms with E-state index in [4.69, 9.17) is 4.52 Å². The van der Waals surface area contributed by atoms with Crippen LogP contribution in [0.15, 0.2) is 218 Å². The first-order chi connectivity index (χ1) is 43.7. The average Bonchev–Trinajstić information content (AvgIpc) is 1.60. The third-order valence-corrected chi connectivity index (χ3v) is 22.5. The lowest BCUT2D eigenvalue weighted by molar-refractivity contribution is -0.138. The maximum atomic E-state index is 11.8. The monoisotopic (exact) mass is 1370 g/mol. The quantitative estimate of drug-likeness (QED) is 0.0719. The molecule has 6 heterocycles. The normalized spacial score (nSPS) is 11.8. The second-order valence-electron chi connectivity index (χ2n) is 21.2. The molecule has 0 saturated heterocycles. The van der Waals surface area contributed by atoms with Crippen molar-refractivity contribution in [1.29, 1.82) is 0 Å². The smallest absolute Gasteiger partial charge is 0.323 e. The Labute approximate surface area is 546 Å². The number of fused-ring (bicyclic) bond motifs is 3. The SMILES string of the molecule is CS(=O)(=O)c1ccc(Sc2cn(CC(=O)O)c3cccc(-c4cncnc4)c23)cc1.Cc1c(Sc2ccc(S(C)(=O)=O)cc2)c2c(-c3cccs3)cccc2n1CC(=O)O.Cc1noc(C)c1-c1cccc2c1c(Sc1ccc(S(C)(=O)=O)cc1)c(C)n2CC(=O)O. The molecule has 12 rings (SSSR count). The fourth-order valence-corrected chi connectivity index (χ4v) is 16.4. The van der Waals surface area contributed by atoms with Crippen LogP contribution < -0.4 is 0 Å². The number of carboxylic acid groups (broad SMARTS) is 3. The number of sulfone groups is 3. The molecule has 0 aliphatic rings. The van der Waals surface area contributed by atoms with Crippen LogP contribution in [0, 0.1) is 27.7 Å². The van der Waals surface area contributed by atoms with Crippen molar-refractivity contribution in [3.63, 3.8) is 0 Å². The van der Waals surface area contributed by atoms with Crippen molar-refractivity contribution in [3.05, 3.63) is 193 Å². The highest BCUT2D eigenvalue weighted by atomic mass is 32.2. The number of hydrogen-bond acceptors (Lipinski definition) is 17. The summed E-state index contributed by atoms with van der Waals surface area (Å²) in [7, 11) is -9.82. The molecule has 0 aliphatic carbocycles. The van der Waals surface area contributed by atoms with Gasteiger partial charge in [-0.25, -0.2) is 35.2 Å². The summed E-state index contributed by atoms with van der Waals surface area (Å²) in [6.07, 6.45) is 10.2. The van der Waals surface area contributed by atoms with Crippen molar-refractivity contribution in [2.24, 2.45) is 0 Å². The molecule has 19 nitrogen and oxygen atoms in total. The molecule has 0 bridgehead atoms. The molecular formula is C66H58N6O13S7. The molecule has 6 aromatic carbocycles. The van der Waals surface area contributed by atoms with Gasteiger partial charge in [0.05, 0.1) is 36.9 Å². The number of rotatable bonds is 18. The van der Waals surface area contributed by atoms with Crippen LogP contribution in [0.25, 0.3) is 65.4 Å². The summed E-state index contributed by atoms with van der Waals surface area (Å²) in [6, 6.07) is 41.6. The summed E-state index contributed by atoms with van der Waals surface area (Å²) in [5, 5.41) is 37.2. The first-order valence-electron chi connectivity index (χ1n) is 27.8. The minimum atomic E-state index is -3.29. The summed E-state index contributed by atoms with van der Waals surface area (Å²) in [4.78, 5) is 49.8.